The van der Waals surface area contributed by atoms with Gasteiger partial charge in [0.2, 0.25) is 0 Å². The lowest BCUT2D eigenvalue weighted by Gasteiger charge is -2.09. The smallest absolute Gasteiger partial charge is 0.265 e. The number of benzene rings is 1. The Kier molecular flexibility index (Phi) is 5.24. The van der Waals surface area contributed by atoms with E-state index in [0.717, 1.165) is 8.26 Å². The fourth-order valence-corrected chi connectivity index (χ4v) is 4.62. The summed E-state index contributed by atoms with van der Waals surface area (Å²) in [4.78, 5) is 12.8. The van der Waals surface area contributed by atoms with Crippen LogP contribution in [0.4, 0.5) is 5.69 Å². The largest absolute Gasteiger partial charge is 0.320 e. The van der Waals surface area contributed by atoms with Crippen LogP contribution in [0.5, 0.6) is 0 Å². The predicted octanol–water partition coefficient (Wildman–Crippen LogP) is 4.32. The average Bonchev–Trinajstić information content (AvgIpc) is 2.79. The van der Waals surface area contributed by atoms with E-state index in [2.05, 4.69) is 37.2 Å². The summed E-state index contributed by atoms with van der Waals surface area (Å²) >= 11 is 7.91. The van der Waals surface area contributed by atoms with Crippen molar-refractivity contribution >= 4 is 64.6 Å². The Hall–Kier alpha value is -0.700. The number of sulfone groups is 1. The molecule has 0 aliphatic rings. The first-order chi connectivity index (χ1) is 9.85. The van der Waals surface area contributed by atoms with Crippen LogP contribution in [-0.4, -0.2) is 20.1 Å². The van der Waals surface area contributed by atoms with Crippen LogP contribution in [0.25, 0.3) is 0 Å². The molecule has 0 fully saturated rings. The summed E-state index contributed by atoms with van der Waals surface area (Å²) < 4.78 is 25.7. The Morgan fingerprint density at radius 1 is 1.29 bits per heavy atom. The number of amides is 1. The molecule has 4 nitrogen and oxygen atoms in total. The van der Waals surface area contributed by atoms with Crippen LogP contribution in [-0.2, 0) is 9.84 Å². The summed E-state index contributed by atoms with van der Waals surface area (Å²) in [7, 11) is -3.39. The lowest BCUT2D eigenvalue weighted by Crippen LogP contribution is -2.14. The number of carbonyl (C=O) groups is 1. The molecule has 1 aromatic carbocycles. The van der Waals surface area contributed by atoms with Gasteiger partial charge in [-0.3, -0.25) is 4.79 Å². The fraction of sp³-hybridized carbons (Fsp3) is 0.154. The van der Waals surface area contributed by atoms with Crippen LogP contribution >= 0.6 is 43.2 Å². The Morgan fingerprint density at radius 3 is 2.52 bits per heavy atom. The van der Waals surface area contributed by atoms with Crippen molar-refractivity contribution in [3.63, 3.8) is 0 Å². The molecule has 1 heterocycles. The van der Waals surface area contributed by atoms with Crippen molar-refractivity contribution in [2.24, 2.45) is 0 Å². The molecule has 0 atom stereocenters. The number of halogens is 2. The zero-order valence-electron chi connectivity index (χ0n) is 10.9. The van der Waals surface area contributed by atoms with Gasteiger partial charge in [0.1, 0.15) is 0 Å². The van der Waals surface area contributed by atoms with Gasteiger partial charge in [0.25, 0.3) is 5.91 Å². The van der Waals surface area contributed by atoms with E-state index in [1.165, 1.54) is 17.4 Å². The van der Waals surface area contributed by atoms with Crippen molar-refractivity contribution in [2.75, 3.05) is 11.1 Å². The number of para-hydroxylation sites is 1. The van der Waals surface area contributed by atoms with Gasteiger partial charge in [-0.2, -0.15) is 0 Å². The Balaban J connectivity index is 2.34. The minimum absolute atomic E-state index is 0.0179. The van der Waals surface area contributed by atoms with E-state index in [-0.39, 0.29) is 16.6 Å². The van der Waals surface area contributed by atoms with E-state index in [4.69, 9.17) is 0 Å². The molecule has 0 bridgehead atoms. The molecule has 0 unspecified atom stereocenters. The highest BCUT2D eigenvalue weighted by molar-refractivity contribution is 9.13. The van der Waals surface area contributed by atoms with Crippen molar-refractivity contribution in [2.45, 2.75) is 11.8 Å². The number of rotatable bonds is 4. The lowest BCUT2D eigenvalue weighted by molar-refractivity contribution is 0.103. The maximum atomic E-state index is 12.2. The molecule has 0 radical (unpaired) electrons. The first kappa shape index (κ1) is 16.7. The summed E-state index contributed by atoms with van der Waals surface area (Å²) in [6, 6.07) is 8.08. The number of nitrogens with one attached hydrogen (secondary N) is 1. The fourth-order valence-electron chi connectivity index (χ4n) is 1.64. The maximum Gasteiger partial charge on any atom is 0.265 e. The molecule has 2 aromatic rings. The Morgan fingerprint density at radius 2 is 1.95 bits per heavy atom. The van der Waals surface area contributed by atoms with Gasteiger partial charge < -0.3 is 5.32 Å². The molecule has 112 valence electrons. The third kappa shape index (κ3) is 3.74. The van der Waals surface area contributed by atoms with E-state index in [0.29, 0.717) is 10.6 Å². The zero-order valence-corrected chi connectivity index (χ0v) is 15.7. The second-order valence-corrected chi connectivity index (χ2v) is 9.56. The second-order valence-electron chi connectivity index (χ2n) is 4.09. The molecular weight excluding hydrogens is 442 g/mol. The molecule has 8 heteroatoms. The van der Waals surface area contributed by atoms with Crippen LogP contribution in [0.2, 0.25) is 0 Å². The van der Waals surface area contributed by atoms with E-state index in [1.54, 1.807) is 31.2 Å². The highest BCUT2D eigenvalue weighted by Crippen LogP contribution is 2.33. The molecule has 0 aliphatic carbocycles. The Bertz CT molecular complexity index is 765. The number of anilines is 1. The molecular formula is C13H11Br2NO3S2. The van der Waals surface area contributed by atoms with Gasteiger partial charge in [0.15, 0.2) is 9.84 Å². The minimum Gasteiger partial charge on any atom is -0.320 e. The van der Waals surface area contributed by atoms with Crippen LogP contribution in [0.15, 0.2) is 43.5 Å². The molecule has 0 saturated heterocycles. The molecule has 0 saturated carbocycles. The van der Waals surface area contributed by atoms with Crippen molar-refractivity contribution in [1.29, 1.82) is 0 Å². The summed E-state index contributed by atoms with van der Waals surface area (Å²) in [6.07, 6.45) is 0. The average molecular weight is 453 g/mol. The van der Waals surface area contributed by atoms with Gasteiger partial charge in [-0.05, 0) is 50.1 Å². The molecule has 0 aliphatic heterocycles. The van der Waals surface area contributed by atoms with Crippen molar-refractivity contribution < 1.29 is 13.2 Å². The van der Waals surface area contributed by atoms with Crippen LogP contribution in [0.3, 0.4) is 0 Å². The summed E-state index contributed by atoms with van der Waals surface area (Å²) in [5, 5.41) is 2.66. The van der Waals surface area contributed by atoms with E-state index >= 15 is 0 Å². The van der Waals surface area contributed by atoms with Crippen LogP contribution in [0, 0.1) is 0 Å². The number of carbonyl (C=O) groups excluding carboxylic acids is 1. The maximum absolute atomic E-state index is 12.2. The highest BCUT2D eigenvalue weighted by Gasteiger charge is 2.19. The summed E-state index contributed by atoms with van der Waals surface area (Å²) in [6.45, 7) is 1.57. The summed E-state index contributed by atoms with van der Waals surface area (Å²) in [5.41, 5.74) is 0.296. The molecule has 21 heavy (non-hydrogen) atoms. The second kappa shape index (κ2) is 6.60. The van der Waals surface area contributed by atoms with Gasteiger partial charge in [-0.25, -0.2) is 8.42 Å². The standard InChI is InChI=1S/C13H11Br2NO3S2/c1-2-21(18,19)11-6-4-3-5-9(11)16-13(17)10-7-8(14)12(15)20-10/h3-7H,2H2,1H3,(H,16,17). The minimum atomic E-state index is -3.39. The monoisotopic (exact) mass is 451 g/mol. The third-order valence-corrected chi connectivity index (χ3v) is 7.76. The van der Waals surface area contributed by atoms with Gasteiger partial charge in [-0.1, -0.05) is 19.1 Å². The summed E-state index contributed by atoms with van der Waals surface area (Å²) in [5.74, 6) is -0.360. The molecule has 0 spiro atoms. The van der Waals surface area contributed by atoms with Crippen molar-refractivity contribution in [3.05, 3.63) is 43.5 Å². The first-order valence-electron chi connectivity index (χ1n) is 5.93. The highest BCUT2D eigenvalue weighted by atomic mass is 79.9. The van der Waals surface area contributed by atoms with Crippen molar-refractivity contribution in [3.8, 4) is 0 Å². The van der Waals surface area contributed by atoms with Gasteiger partial charge in [0, 0.05) is 4.47 Å². The number of thiophene rings is 1. The topological polar surface area (TPSA) is 63.2 Å². The van der Waals surface area contributed by atoms with Gasteiger partial charge in [-0.15, -0.1) is 11.3 Å². The quantitative estimate of drug-likeness (QED) is 0.751. The molecule has 1 aromatic heterocycles. The van der Waals surface area contributed by atoms with Crippen LogP contribution in [0.1, 0.15) is 16.6 Å². The predicted molar refractivity (Wildman–Crippen MR) is 91.8 cm³/mol. The first-order valence-corrected chi connectivity index (χ1v) is 9.98. The molecule has 1 amide bonds. The number of hydrogen-bond donors (Lipinski definition) is 1. The van der Waals surface area contributed by atoms with E-state index in [9.17, 15) is 13.2 Å². The van der Waals surface area contributed by atoms with E-state index < -0.39 is 9.84 Å². The lowest BCUT2D eigenvalue weighted by atomic mass is 10.3. The molecule has 2 rings (SSSR count). The van der Waals surface area contributed by atoms with Crippen molar-refractivity contribution in [1.82, 2.24) is 0 Å². The van der Waals surface area contributed by atoms with Crippen LogP contribution < -0.4 is 5.32 Å². The van der Waals surface area contributed by atoms with E-state index in [1.807, 2.05) is 0 Å². The zero-order chi connectivity index (χ0) is 15.6. The van der Waals surface area contributed by atoms with Gasteiger partial charge >= 0.3 is 0 Å². The Labute approximate surface area is 143 Å². The number of hydrogen-bond acceptors (Lipinski definition) is 4. The molecule has 1 N–H and O–H groups in total. The van der Waals surface area contributed by atoms with Gasteiger partial charge in [0.05, 0.1) is 25.0 Å². The SMILES string of the molecule is CCS(=O)(=O)c1ccccc1NC(=O)c1cc(Br)c(Br)s1. The third-order valence-electron chi connectivity index (χ3n) is 2.72. The normalized spacial score (nSPS) is 11.4.